The summed E-state index contributed by atoms with van der Waals surface area (Å²) in [6.45, 7) is 6.13. The van der Waals surface area contributed by atoms with E-state index in [1.54, 1.807) is 12.1 Å². The van der Waals surface area contributed by atoms with Crippen LogP contribution in [0.15, 0.2) is 24.3 Å². The van der Waals surface area contributed by atoms with E-state index in [0.29, 0.717) is 27.4 Å². The van der Waals surface area contributed by atoms with Crippen molar-refractivity contribution < 1.29 is 5.11 Å². The lowest BCUT2D eigenvalue weighted by atomic mass is 9.97. The van der Waals surface area contributed by atoms with Crippen LogP contribution in [0.5, 0.6) is 5.75 Å². The zero-order valence-corrected chi connectivity index (χ0v) is 14.0. The van der Waals surface area contributed by atoms with Crippen molar-refractivity contribution in [1.82, 2.24) is 9.97 Å². The summed E-state index contributed by atoms with van der Waals surface area (Å²) in [5.74, 6) is 1.21. The number of nitrogens with zero attached hydrogens (tertiary/aromatic N) is 1. The van der Waals surface area contributed by atoms with Crippen LogP contribution in [0, 0.1) is 6.92 Å². The van der Waals surface area contributed by atoms with Gasteiger partial charge in [0.2, 0.25) is 0 Å². The van der Waals surface area contributed by atoms with Gasteiger partial charge >= 0.3 is 0 Å². The average molecular weight is 335 g/mol. The van der Waals surface area contributed by atoms with Crippen molar-refractivity contribution in [3.63, 3.8) is 0 Å². The van der Waals surface area contributed by atoms with Crippen molar-refractivity contribution in [2.45, 2.75) is 26.7 Å². The molecule has 3 rings (SSSR count). The second-order valence-electron chi connectivity index (χ2n) is 5.76. The van der Waals surface area contributed by atoms with Crippen LogP contribution in [0.4, 0.5) is 0 Å². The van der Waals surface area contributed by atoms with Crippen molar-refractivity contribution in [2.75, 3.05) is 0 Å². The number of imidazole rings is 1. The van der Waals surface area contributed by atoms with E-state index >= 15 is 0 Å². The second kappa shape index (κ2) is 5.49. The minimum Gasteiger partial charge on any atom is -0.507 e. The number of phenolic OH excluding ortho intramolecular Hbond substituents is 1. The number of aromatic amines is 1. The fraction of sp³-hybridized carbons (Fsp3) is 0.235. The number of H-pyrrole nitrogens is 1. The van der Waals surface area contributed by atoms with Crippen molar-refractivity contribution >= 4 is 34.2 Å². The van der Waals surface area contributed by atoms with Gasteiger partial charge in [0.1, 0.15) is 11.6 Å². The molecular formula is C17H16Cl2N2O. The largest absolute Gasteiger partial charge is 0.507 e. The summed E-state index contributed by atoms with van der Waals surface area (Å²) in [5, 5.41) is 11.3. The molecular weight excluding hydrogens is 319 g/mol. The van der Waals surface area contributed by atoms with E-state index in [0.717, 1.165) is 22.2 Å². The van der Waals surface area contributed by atoms with Gasteiger partial charge in [-0.05, 0) is 42.2 Å². The third-order valence-corrected chi connectivity index (χ3v) is 4.49. The van der Waals surface area contributed by atoms with E-state index in [2.05, 4.69) is 23.8 Å². The number of phenols is 1. The lowest BCUT2D eigenvalue weighted by Crippen LogP contribution is -1.92. The SMILES string of the molecule is Cc1cc(C(C)C)cc(-c2nc3cc(Cl)c(Cl)cc3[nH]2)c1O. The number of aromatic hydroxyl groups is 1. The number of nitrogens with one attached hydrogen (secondary N) is 1. The lowest BCUT2D eigenvalue weighted by molar-refractivity contribution is 0.472. The Balaban J connectivity index is 2.22. The molecule has 0 amide bonds. The van der Waals surface area contributed by atoms with Crippen LogP contribution in [0.3, 0.4) is 0 Å². The standard InChI is InChI=1S/C17H16Cl2N2O/c1-8(2)10-4-9(3)16(22)11(5-10)17-20-14-6-12(18)13(19)7-15(14)21-17/h4-8,22H,1-3H3,(H,20,21). The molecule has 2 aromatic carbocycles. The third kappa shape index (κ3) is 2.55. The summed E-state index contributed by atoms with van der Waals surface area (Å²) in [6.07, 6.45) is 0. The maximum absolute atomic E-state index is 10.4. The molecule has 1 heterocycles. The van der Waals surface area contributed by atoms with E-state index in [1.165, 1.54) is 0 Å². The van der Waals surface area contributed by atoms with E-state index in [1.807, 2.05) is 19.1 Å². The highest BCUT2D eigenvalue weighted by Gasteiger charge is 2.15. The first-order valence-corrected chi connectivity index (χ1v) is 7.81. The van der Waals surface area contributed by atoms with Gasteiger partial charge in [0.15, 0.2) is 0 Å². The summed E-state index contributed by atoms with van der Waals surface area (Å²) >= 11 is 12.1. The fourth-order valence-electron chi connectivity index (χ4n) is 2.45. The normalized spacial score (nSPS) is 11.5. The van der Waals surface area contributed by atoms with E-state index in [9.17, 15) is 5.11 Å². The predicted octanol–water partition coefficient (Wildman–Crippen LogP) is 5.67. The Labute approximate surface area is 138 Å². The zero-order chi connectivity index (χ0) is 16.0. The number of rotatable bonds is 2. The molecule has 2 N–H and O–H groups in total. The van der Waals surface area contributed by atoms with Gasteiger partial charge in [-0.3, -0.25) is 0 Å². The molecule has 0 radical (unpaired) electrons. The number of benzene rings is 2. The minimum atomic E-state index is 0.237. The molecule has 3 aromatic rings. The first kappa shape index (κ1) is 15.2. The zero-order valence-electron chi connectivity index (χ0n) is 12.5. The third-order valence-electron chi connectivity index (χ3n) is 3.77. The first-order valence-electron chi connectivity index (χ1n) is 7.05. The Morgan fingerprint density at radius 3 is 2.45 bits per heavy atom. The summed E-state index contributed by atoms with van der Waals surface area (Å²) in [7, 11) is 0. The van der Waals surface area contributed by atoms with Crippen LogP contribution in [0.2, 0.25) is 10.0 Å². The smallest absolute Gasteiger partial charge is 0.142 e. The van der Waals surface area contributed by atoms with Gasteiger partial charge in [-0.15, -0.1) is 0 Å². The Morgan fingerprint density at radius 1 is 1.09 bits per heavy atom. The number of hydrogen-bond donors (Lipinski definition) is 2. The molecule has 0 bridgehead atoms. The first-order chi connectivity index (χ1) is 10.4. The summed E-state index contributed by atoms with van der Waals surface area (Å²) < 4.78 is 0. The van der Waals surface area contributed by atoms with Crippen LogP contribution in [-0.4, -0.2) is 15.1 Å². The number of halogens is 2. The molecule has 0 aliphatic rings. The van der Waals surface area contributed by atoms with E-state index < -0.39 is 0 Å². The molecule has 0 saturated heterocycles. The molecule has 3 nitrogen and oxygen atoms in total. The van der Waals surface area contributed by atoms with E-state index in [-0.39, 0.29) is 5.75 Å². The Bertz CT molecular complexity index is 830. The molecule has 0 atom stereocenters. The highest BCUT2D eigenvalue weighted by molar-refractivity contribution is 6.42. The average Bonchev–Trinajstić information content (AvgIpc) is 2.84. The van der Waals surface area contributed by atoms with E-state index in [4.69, 9.17) is 23.2 Å². The molecule has 0 aliphatic heterocycles. The van der Waals surface area contributed by atoms with Crippen LogP contribution >= 0.6 is 23.2 Å². The van der Waals surface area contributed by atoms with Gasteiger partial charge in [-0.1, -0.05) is 43.1 Å². The number of aryl methyl sites for hydroxylation is 1. The molecule has 22 heavy (non-hydrogen) atoms. The molecule has 0 aliphatic carbocycles. The molecule has 0 unspecified atom stereocenters. The number of hydrogen-bond acceptors (Lipinski definition) is 2. The minimum absolute atomic E-state index is 0.237. The number of aromatic nitrogens is 2. The monoisotopic (exact) mass is 334 g/mol. The Kier molecular flexibility index (Phi) is 3.79. The summed E-state index contributed by atoms with van der Waals surface area (Å²) in [4.78, 5) is 7.73. The van der Waals surface area contributed by atoms with Gasteiger partial charge in [0.05, 0.1) is 26.6 Å². The fourth-order valence-corrected chi connectivity index (χ4v) is 2.78. The van der Waals surface area contributed by atoms with Gasteiger partial charge < -0.3 is 10.1 Å². The highest BCUT2D eigenvalue weighted by atomic mass is 35.5. The van der Waals surface area contributed by atoms with Gasteiger partial charge in [0.25, 0.3) is 0 Å². The van der Waals surface area contributed by atoms with Crippen molar-refractivity contribution in [2.24, 2.45) is 0 Å². The summed E-state index contributed by atoms with van der Waals surface area (Å²) in [6, 6.07) is 7.43. The molecule has 0 fully saturated rings. The maximum atomic E-state index is 10.4. The Hall–Kier alpha value is -1.71. The topological polar surface area (TPSA) is 48.9 Å². The maximum Gasteiger partial charge on any atom is 0.142 e. The van der Waals surface area contributed by atoms with Crippen LogP contribution in [0.1, 0.15) is 30.9 Å². The van der Waals surface area contributed by atoms with Gasteiger partial charge in [-0.25, -0.2) is 4.98 Å². The molecule has 0 spiro atoms. The van der Waals surface area contributed by atoms with Gasteiger partial charge in [-0.2, -0.15) is 0 Å². The predicted molar refractivity (Wildman–Crippen MR) is 92.0 cm³/mol. The molecule has 0 saturated carbocycles. The Morgan fingerprint density at radius 2 is 1.77 bits per heavy atom. The summed E-state index contributed by atoms with van der Waals surface area (Å²) in [5.41, 5.74) is 4.18. The lowest BCUT2D eigenvalue weighted by Gasteiger charge is -2.11. The molecule has 114 valence electrons. The quantitative estimate of drug-likeness (QED) is 0.633. The van der Waals surface area contributed by atoms with Crippen molar-refractivity contribution in [3.05, 3.63) is 45.4 Å². The van der Waals surface area contributed by atoms with Crippen LogP contribution in [-0.2, 0) is 0 Å². The molecule has 5 heteroatoms. The molecule has 1 aromatic heterocycles. The second-order valence-corrected chi connectivity index (χ2v) is 6.57. The van der Waals surface area contributed by atoms with Crippen molar-refractivity contribution in [1.29, 1.82) is 0 Å². The number of fused-ring (bicyclic) bond motifs is 1. The van der Waals surface area contributed by atoms with Crippen LogP contribution in [0.25, 0.3) is 22.4 Å². The van der Waals surface area contributed by atoms with Crippen LogP contribution < -0.4 is 0 Å². The van der Waals surface area contributed by atoms with Crippen molar-refractivity contribution in [3.8, 4) is 17.1 Å². The van der Waals surface area contributed by atoms with Gasteiger partial charge in [0, 0.05) is 0 Å². The highest BCUT2D eigenvalue weighted by Crippen LogP contribution is 2.35.